The molecule has 0 aliphatic rings. The first kappa shape index (κ1) is 22.3. The average Bonchev–Trinajstić information content (AvgIpc) is 2.74. The minimum Gasteiger partial charge on any atom is -0.493 e. The smallest absolute Gasteiger partial charge is 0.257 e. The van der Waals surface area contributed by atoms with Crippen molar-refractivity contribution >= 4 is 29.1 Å². The third-order valence-electron chi connectivity index (χ3n) is 3.84. The number of carbonyl (C=O) groups is 2. The molecule has 2 aromatic rings. The van der Waals surface area contributed by atoms with Gasteiger partial charge in [0, 0.05) is 18.6 Å². The molecule has 0 aromatic heterocycles. The predicted octanol–water partition coefficient (Wildman–Crippen LogP) is 2.37. The fourth-order valence-corrected chi connectivity index (χ4v) is 2.48. The largest absolute Gasteiger partial charge is 0.493 e. The second-order valence-corrected chi connectivity index (χ2v) is 6.42. The monoisotopic (exact) mass is 415 g/mol. The molecule has 29 heavy (non-hydrogen) atoms. The molecule has 0 heterocycles. The molecule has 0 saturated carbocycles. The van der Waals surface area contributed by atoms with Gasteiger partial charge in [-0.15, -0.1) is 0 Å². The second-order valence-electron chi connectivity index (χ2n) is 6.01. The summed E-state index contributed by atoms with van der Waals surface area (Å²) < 4.78 is 10.8. The van der Waals surface area contributed by atoms with E-state index in [2.05, 4.69) is 28.3 Å². The second kappa shape index (κ2) is 12.5. The summed E-state index contributed by atoms with van der Waals surface area (Å²) in [6, 6.07) is 16.8. The zero-order valence-electron chi connectivity index (χ0n) is 16.3. The maximum atomic E-state index is 12.2. The molecular weight excluding hydrogens is 390 g/mol. The lowest BCUT2D eigenvalue weighted by Gasteiger charge is -2.11. The van der Waals surface area contributed by atoms with Gasteiger partial charge in [0.05, 0.1) is 19.6 Å². The summed E-state index contributed by atoms with van der Waals surface area (Å²) >= 11 is 5.00. The number of hydrogen-bond acceptors (Lipinski definition) is 5. The van der Waals surface area contributed by atoms with E-state index >= 15 is 0 Å². The van der Waals surface area contributed by atoms with Gasteiger partial charge in [-0.3, -0.25) is 25.8 Å². The Morgan fingerprint density at radius 1 is 0.966 bits per heavy atom. The van der Waals surface area contributed by atoms with Crippen LogP contribution in [0.25, 0.3) is 0 Å². The van der Waals surface area contributed by atoms with Crippen molar-refractivity contribution in [3.05, 3.63) is 65.7 Å². The van der Waals surface area contributed by atoms with Crippen molar-refractivity contribution in [2.45, 2.75) is 19.8 Å². The Morgan fingerprint density at radius 3 is 2.38 bits per heavy atom. The minimum absolute atomic E-state index is 0.00273. The molecule has 2 amide bonds. The van der Waals surface area contributed by atoms with Crippen LogP contribution < -0.4 is 20.9 Å². The van der Waals surface area contributed by atoms with Crippen LogP contribution in [0.4, 0.5) is 0 Å². The zero-order chi connectivity index (χ0) is 20.9. The highest BCUT2D eigenvalue weighted by Gasteiger charge is 2.09. The third kappa shape index (κ3) is 8.71. The van der Waals surface area contributed by atoms with Crippen molar-refractivity contribution in [1.82, 2.24) is 16.2 Å². The van der Waals surface area contributed by atoms with Crippen LogP contribution >= 0.6 is 12.2 Å². The lowest BCUT2D eigenvalue weighted by atomic mass is 10.2. The maximum Gasteiger partial charge on any atom is 0.257 e. The Bertz CT molecular complexity index is 797. The van der Waals surface area contributed by atoms with E-state index in [-0.39, 0.29) is 23.3 Å². The standard InChI is InChI=1S/C21H25N3O4S/c1-2-27-14-13-19(25)23-24-21(29)22-20(26)17-8-10-18(11-9-17)28-15-12-16-6-4-3-5-7-16/h3-11H,2,12-15H2,1H3,(H,23,25)(H2,22,24,26,29). The van der Waals surface area contributed by atoms with Gasteiger partial charge < -0.3 is 9.47 Å². The Balaban J connectivity index is 1.70. The van der Waals surface area contributed by atoms with Crippen LogP contribution in [0.1, 0.15) is 29.3 Å². The van der Waals surface area contributed by atoms with E-state index in [4.69, 9.17) is 21.7 Å². The topological polar surface area (TPSA) is 88.7 Å². The number of amides is 2. The molecule has 2 aromatic carbocycles. The fourth-order valence-electron chi connectivity index (χ4n) is 2.34. The van der Waals surface area contributed by atoms with Gasteiger partial charge >= 0.3 is 0 Å². The van der Waals surface area contributed by atoms with Crippen LogP contribution in [0.15, 0.2) is 54.6 Å². The first-order chi connectivity index (χ1) is 14.1. The lowest BCUT2D eigenvalue weighted by Crippen LogP contribution is -2.48. The quantitative estimate of drug-likeness (QED) is 0.331. The minimum atomic E-state index is -0.387. The molecule has 0 aliphatic heterocycles. The number of rotatable bonds is 9. The van der Waals surface area contributed by atoms with Gasteiger partial charge in [0.1, 0.15) is 5.75 Å². The highest BCUT2D eigenvalue weighted by molar-refractivity contribution is 7.80. The molecular formula is C21H25N3O4S. The summed E-state index contributed by atoms with van der Waals surface area (Å²) in [4.78, 5) is 23.8. The number of ether oxygens (including phenoxy) is 2. The van der Waals surface area contributed by atoms with Crippen LogP contribution in [-0.4, -0.2) is 36.7 Å². The average molecular weight is 416 g/mol. The van der Waals surface area contributed by atoms with E-state index in [1.54, 1.807) is 24.3 Å². The van der Waals surface area contributed by atoms with Gasteiger partial charge in [0.15, 0.2) is 5.11 Å². The molecule has 0 radical (unpaired) electrons. The molecule has 7 nitrogen and oxygen atoms in total. The molecule has 8 heteroatoms. The van der Waals surface area contributed by atoms with Gasteiger partial charge in [-0.1, -0.05) is 30.3 Å². The molecule has 0 fully saturated rings. The summed E-state index contributed by atoms with van der Waals surface area (Å²) in [5, 5.41) is 2.50. The van der Waals surface area contributed by atoms with Crippen LogP contribution in [0.2, 0.25) is 0 Å². The van der Waals surface area contributed by atoms with Gasteiger partial charge in [-0.2, -0.15) is 0 Å². The number of benzene rings is 2. The summed E-state index contributed by atoms with van der Waals surface area (Å²) in [7, 11) is 0. The van der Waals surface area contributed by atoms with Gasteiger partial charge in [-0.25, -0.2) is 0 Å². The number of hydrazine groups is 1. The van der Waals surface area contributed by atoms with E-state index in [1.165, 1.54) is 5.56 Å². The molecule has 0 atom stereocenters. The SMILES string of the molecule is CCOCCC(=O)NNC(=S)NC(=O)c1ccc(OCCc2ccccc2)cc1. The van der Waals surface area contributed by atoms with Crippen LogP contribution in [0.5, 0.6) is 5.75 Å². The highest BCUT2D eigenvalue weighted by atomic mass is 32.1. The van der Waals surface area contributed by atoms with Crippen LogP contribution in [0, 0.1) is 0 Å². The predicted molar refractivity (Wildman–Crippen MR) is 115 cm³/mol. The molecule has 0 bridgehead atoms. The Labute approximate surface area is 175 Å². The van der Waals surface area contributed by atoms with Crippen molar-refractivity contribution in [1.29, 1.82) is 0 Å². The van der Waals surface area contributed by atoms with E-state index in [0.29, 0.717) is 31.1 Å². The molecule has 154 valence electrons. The van der Waals surface area contributed by atoms with Crippen LogP contribution in [0.3, 0.4) is 0 Å². The summed E-state index contributed by atoms with van der Waals surface area (Å²) in [5.41, 5.74) is 6.51. The first-order valence-electron chi connectivity index (χ1n) is 9.33. The number of nitrogens with one attached hydrogen (secondary N) is 3. The number of hydrogen-bond donors (Lipinski definition) is 3. The normalized spacial score (nSPS) is 10.1. The van der Waals surface area contributed by atoms with Crippen molar-refractivity contribution in [2.24, 2.45) is 0 Å². The third-order valence-corrected chi connectivity index (χ3v) is 4.04. The Morgan fingerprint density at radius 2 is 1.69 bits per heavy atom. The highest BCUT2D eigenvalue weighted by Crippen LogP contribution is 2.13. The molecule has 2 rings (SSSR count). The Kier molecular flexibility index (Phi) is 9.61. The van der Waals surface area contributed by atoms with E-state index < -0.39 is 0 Å². The van der Waals surface area contributed by atoms with Crippen molar-refractivity contribution in [3.8, 4) is 5.75 Å². The molecule has 3 N–H and O–H groups in total. The van der Waals surface area contributed by atoms with Crippen molar-refractivity contribution < 1.29 is 19.1 Å². The number of thiocarbonyl (C=S) groups is 1. The fraction of sp³-hybridized carbons (Fsp3) is 0.286. The first-order valence-corrected chi connectivity index (χ1v) is 9.74. The molecule has 0 spiro atoms. The van der Waals surface area contributed by atoms with Crippen molar-refractivity contribution in [3.63, 3.8) is 0 Å². The Hall–Kier alpha value is -2.97. The van der Waals surface area contributed by atoms with E-state index in [1.807, 2.05) is 25.1 Å². The van der Waals surface area contributed by atoms with Crippen LogP contribution in [-0.2, 0) is 16.0 Å². The number of carbonyl (C=O) groups excluding carboxylic acids is 2. The lowest BCUT2D eigenvalue weighted by molar-refractivity contribution is -0.122. The molecule has 0 saturated heterocycles. The van der Waals surface area contributed by atoms with E-state index in [0.717, 1.165) is 6.42 Å². The maximum absolute atomic E-state index is 12.2. The molecule has 0 aliphatic carbocycles. The van der Waals surface area contributed by atoms with Gasteiger partial charge in [0.25, 0.3) is 5.91 Å². The van der Waals surface area contributed by atoms with Gasteiger partial charge in [-0.05, 0) is 49.0 Å². The van der Waals surface area contributed by atoms with Crippen molar-refractivity contribution in [2.75, 3.05) is 19.8 Å². The zero-order valence-corrected chi connectivity index (χ0v) is 17.1. The van der Waals surface area contributed by atoms with Gasteiger partial charge in [0.2, 0.25) is 5.91 Å². The summed E-state index contributed by atoms with van der Waals surface area (Å²) in [5.74, 6) is 0.00805. The summed E-state index contributed by atoms with van der Waals surface area (Å²) in [6.45, 7) is 3.27. The van der Waals surface area contributed by atoms with E-state index in [9.17, 15) is 9.59 Å². The summed E-state index contributed by atoms with van der Waals surface area (Å²) in [6.07, 6.45) is 1.00. The molecule has 0 unspecified atom stereocenters.